The lowest BCUT2D eigenvalue weighted by Crippen LogP contribution is -2.19. The van der Waals surface area contributed by atoms with Gasteiger partial charge in [0.2, 0.25) is 0 Å². The van der Waals surface area contributed by atoms with Crippen LogP contribution in [0, 0.1) is 10.8 Å². The largest absolute Gasteiger partial charge is 0.461 e. The van der Waals surface area contributed by atoms with Gasteiger partial charge in [0.05, 0.1) is 0 Å². The van der Waals surface area contributed by atoms with E-state index in [4.69, 9.17) is 9.47 Å². The van der Waals surface area contributed by atoms with Crippen LogP contribution in [-0.2, 0) is 19.1 Å². The average molecular weight is 1100 g/mol. The summed E-state index contributed by atoms with van der Waals surface area (Å²) in [7, 11) is 0. The summed E-state index contributed by atoms with van der Waals surface area (Å²) < 4.78 is 10.8. The van der Waals surface area contributed by atoms with Gasteiger partial charge < -0.3 is 9.47 Å². The molecule has 2 rings (SSSR count). The van der Waals surface area contributed by atoms with E-state index in [0.29, 0.717) is 26.1 Å². The van der Waals surface area contributed by atoms with Gasteiger partial charge >= 0.3 is 11.9 Å². The molecule has 4 heteroatoms. The smallest absolute Gasteiger partial charge is 0.306 e. The van der Waals surface area contributed by atoms with E-state index < -0.39 is 0 Å². The first-order valence-corrected chi connectivity index (χ1v) is 32.6. The first-order chi connectivity index (χ1) is 38.5. The predicted molar refractivity (Wildman–Crippen MR) is 353 cm³/mol. The number of hydrogen-bond acceptors (Lipinski definition) is 4. The molecule has 0 N–H and O–H groups in total. The predicted octanol–water partition coefficient (Wildman–Crippen LogP) is 24.0. The van der Waals surface area contributed by atoms with Gasteiger partial charge in [0.15, 0.2) is 0 Å². The van der Waals surface area contributed by atoms with E-state index in [1.54, 1.807) is 0 Å². The standard InChI is InChI=1S/C38H62O2.C38H60O2/c2*1-7-8-9-10-11-12-13-14-15-16-17-18-19-20-21-27-37(39)40-32-30-34(3)25-22-24-33(2)28-29-36-35(4)26-23-31-38(36,5)6/h14-15,22,24-25,28-30H,7-13,16-21,23,26-27,31-32H2,1-6H3;11-12,14-15,22,24-25,28-30H,7-10,13,16-21,23,26-27,31-32H2,1-6H3/b15-14-,25-22?,29-28?,33-24?,34-30?;12-11-,15-14-,25-22?,29-28?,33-24?,34-30?. The Morgan fingerprint density at radius 2 is 0.775 bits per heavy atom. The molecule has 4 nitrogen and oxygen atoms in total. The zero-order valence-electron chi connectivity index (χ0n) is 54.1. The maximum atomic E-state index is 12.0. The van der Waals surface area contributed by atoms with E-state index in [0.717, 1.165) is 49.7 Å². The highest BCUT2D eigenvalue weighted by atomic mass is 16.5. The number of unbranched alkanes of at least 4 members (excludes halogenated alkanes) is 19. The van der Waals surface area contributed by atoms with Crippen LogP contribution in [0.5, 0.6) is 0 Å². The third kappa shape index (κ3) is 40.7. The Kier molecular flexibility index (Phi) is 44.3. The van der Waals surface area contributed by atoms with Gasteiger partial charge in [0.1, 0.15) is 13.2 Å². The highest BCUT2D eigenvalue weighted by Crippen LogP contribution is 2.42. The van der Waals surface area contributed by atoms with Gasteiger partial charge in [0.25, 0.3) is 0 Å². The molecule has 0 aromatic rings. The summed E-state index contributed by atoms with van der Waals surface area (Å²) in [6.07, 6.45) is 77.6. The van der Waals surface area contributed by atoms with E-state index in [2.05, 4.69) is 166 Å². The number of allylic oxidation sites excluding steroid dienone is 24. The van der Waals surface area contributed by atoms with Gasteiger partial charge in [0, 0.05) is 12.8 Å². The van der Waals surface area contributed by atoms with Crippen LogP contribution < -0.4 is 0 Å². The molecule has 0 amide bonds. The molecule has 450 valence electrons. The molecule has 0 unspecified atom stereocenters. The quantitative estimate of drug-likeness (QED) is 0.0265. The molecule has 80 heavy (non-hydrogen) atoms. The second kappa shape index (κ2) is 48.1. The Morgan fingerprint density at radius 1 is 0.438 bits per heavy atom. The monoisotopic (exact) mass is 1100 g/mol. The maximum Gasteiger partial charge on any atom is 0.306 e. The number of carbonyl (C=O) groups excluding carboxylic acids is 2. The van der Waals surface area contributed by atoms with Gasteiger partial charge in [-0.05, 0) is 185 Å². The number of carbonyl (C=O) groups is 2. The summed E-state index contributed by atoms with van der Waals surface area (Å²) in [5.41, 5.74) is 11.3. The minimum atomic E-state index is -0.0881. The lowest BCUT2D eigenvalue weighted by molar-refractivity contribution is -0.143. The van der Waals surface area contributed by atoms with Gasteiger partial charge in [-0.15, -0.1) is 0 Å². The number of ether oxygens (including phenoxy) is 2. The molecular formula is C76H122O4. The molecule has 2 aliphatic rings. The second-order valence-electron chi connectivity index (χ2n) is 24.6. The molecule has 0 saturated heterocycles. The van der Waals surface area contributed by atoms with E-state index in [-0.39, 0.29) is 22.8 Å². The molecule has 0 aromatic heterocycles. The molecule has 0 saturated carbocycles. The van der Waals surface area contributed by atoms with E-state index in [1.165, 1.54) is 188 Å². The summed E-state index contributed by atoms with van der Waals surface area (Å²) in [5, 5.41) is 0. The van der Waals surface area contributed by atoms with Crippen LogP contribution >= 0.6 is 0 Å². The number of hydrogen-bond donors (Lipinski definition) is 0. The van der Waals surface area contributed by atoms with Crippen LogP contribution in [0.4, 0.5) is 0 Å². The molecular weight excluding hydrogens is 977 g/mol. The van der Waals surface area contributed by atoms with Crippen molar-refractivity contribution in [2.45, 2.75) is 289 Å². The SMILES string of the molecule is CCCCC/C=C\C/C=C\CCCCCCCC(=O)OCC=C(C)C=CC=C(C)C=CC1=C(C)CCCC1(C)C.CCCCCCCC/C=C\CCCCCCCC(=O)OCC=C(C)C=CC=C(C)C=CC1=C(C)CCCC1(C)C. The normalized spacial score (nSPS) is 16.8. The fourth-order valence-corrected chi connectivity index (χ4v) is 10.5. The van der Waals surface area contributed by atoms with Crippen LogP contribution in [0.25, 0.3) is 0 Å². The summed E-state index contributed by atoms with van der Waals surface area (Å²) in [6, 6.07) is 0. The maximum absolute atomic E-state index is 12.0. The Hall–Kier alpha value is -4.44. The first kappa shape index (κ1) is 73.6. The topological polar surface area (TPSA) is 52.6 Å². The van der Waals surface area contributed by atoms with Gasteiger partial charge in [-0.25, -0.2) is 0 Å². The van der Waals surface area contributed by atoms with E-state index >= 15 is 0 Å². The van der Waals surface area contributed by atoms with Crippen molar-refractivity contribution in [2.75, 3.05) is 13.2 Å². The van der Waals surface area contributed by atoms with Crippen molar-refractivity contribution in [1.82, 2.24) is 0 Å². The Morgan fingerprint density at radius 3 is 1.16 bits per heavy atom. The van der Waals surface area contributed by atoms with Crippen molar-refractivity contribution in [3.05, 3.63) is 154 Å². The van der Waals surface area contributed by atoms with Crippen molar-refractivity contribution in [3.8, 4) is 0 Å². The minimum Gasteiger partial charge on any atom is -0.461 e. The molecule has 0 aromatic carbocycles. The lowest BCUT2D eigenvalue weighted by Gasteiger charge is -2.33. The number of rotatable bonds is 41. The summed E-state index contributed by atoms with van der Waals surface area (Å²) in [4.78, 5) is 24.1. The van der Waals surface area contributed by atoms with Crippen molar-refractivity contribution < 1.29 is 19.1 Å². The van der Waals surface area contributed by atoms with E-state index in [1.807, 2.05) is 26.0 Å². The average Bonchev–Trinajstić information content (AvgIpc) is 3.40. The molecule has 0 radical (unpaired) electrons. The van der Waals surface area contributed by atoms with Crippen LogP contribution in [0.3, 0.4) is 0 Å². The van der Waals surface area contributed by atoms with Crippen molar-refractivity contribution in [3.63, 3.8) is 0 Å². The Balaban J connectivity index is 0.000000800. The van der Waals surface area contributed by atoms with Crippen LogP contribution in [0.1, 0.15) is 289 Å². The second-order valence-corrected chi connectivity index (χ2v) is 24.6. The van der Waals surface area contributed by atoms with Crippen molar-refractivity contribution in [1.29, 1.82) is 0 Å². The third-order valence-corrected chi connectivity index (χ3v) is 15.8. The zero-order valence-corrected chi connectivity index (χ0v) is 54.1. The molecule has 0 fully saturated rings. The summed E-state index contributed by atoms with van der Waals surface area (Å²) in [6.45, 7) is 27.6. The van der Waals surface area contributed by atoms with Gasteiger partial charge in [-0.3, -0.25) is 9.59 Å². The Labute approximate surface area is 495 Å². The summed E-state index contributed by atoms with van der Waals surface area (Å²) >= 11 is 0. The fourth-order valence-electron chi connectivity index (χ4n) is 10.5. The summed E-state index contributed by atoms with van der Waals surface area (Å²) in [5.74, 6) is -0.170. The van der Waals surface area contributed by atoms with Crippen LogP contribution in [-0.4, -0.2) is 25.2 Å². The molecule has 2 aliphatic carbocycles. The van der Waals surface area contributed by atoms with Gasteiger partial charge in [-0.1, -0.05) is 256 Å². The highest BCUT2D eigenvalue weighted by molar-refractivity contribution is 5.69. The fraction of sp³-hybridized carbons (Fsp3) is 0.632. The van der Waals surface area contributed by atoms with Crippen molar-refractivity contribution in [2.24, 2.45) is 10.8 Å². The lowest BCUT2D eigenvalue weighted by atomic mass is 9.72. The zero-order chi connectivity index (χ0) is 59.0. The molecule has 0 bridgehead atoms. The first-order valence-electron chi connectivity index (χ1n) is 32.6. The number of esters is 2. The van der Waals surface area contributed by atoms with Crippen LogP contribution in [0.15, 0.2) is 154 Å². The Bertz CT molecular complexity index is 2090. The third-order valence-electron chi connectivity index (χ3n) is 15.8. The van der Waals surface area contributed by atoms with Crippen molar-refractivity contribution >= 4 is 11.9 Å². The highest BCUT2D eigenvalue weighted by Gasteiger charge is 2.27. The molecule has 0 heterocycles. The molecule has 0 spiro atoms. The van der Waals surface area contributed by atoms with E-state index in [9.17, 15) is 9.59 Å². The molecule has 0 atom stereocenters. The van der Waals surface area contributed by atoms with Crippen LogP contribution in [0.2, 0.25) is 0 Å². The van der Waals surface area contributed by atoms with Gasteiger partial charge in [-0.2, -0.15) is 0 Å². The minimum absolute atomic E-state index is 0.0817. The molecule has 0 aliphatic heterocycles.